The minimum Gasteiger partial charge on any atom is -0.348 e. The van der Waals surface area contributed by atoms with Gasteiger partial charge in [-0.25, -0.2) is 0 Å². The van der Waals surface area contributed by atoms with Crippen LogP contribution in [-0.2, 0) is 21.7 Å². The molecule has 3 saturated heterocycles. The fourth-order valence-electron chi connectivity index (χ4n) is 8.10. The summed E-state index contributed by atoms with van der Waals surface area (Å²) in [5.74, 6) is 1.46. The number of carbonyl (C=O) groups is 1. The van der Waals surface area contributed by atoms with Crippen molar-refractivity contribution in [2.45, 2.75) is 93.0 Å². The molecule has 4 heterocycles. The van der Waals surface area contributed by atoms with Crippen LogP contribution < -0.4 is 10.6 Å². The Hall–Kier alpha value is -1.93. The third kappa shape index (κ3) is 5.97. The van der Waals surface area contributed by atoms with Crippen molar-refractivity contribution in [2.24, 2.45) is 5.92 Å². The number of carbonyl (C=O) groups excluding carboxylic acids is 1. The van der Waals surface area contributed by atoms with Gasteiger partial charge in [-0.1, -0.05) is 24.8 Å². The SMILES string of the molecule is C=CC(=O)N1CCN(C2NC(OCC3CCCN3C)NC3C[C@]4(CCC32)Cc2c(C)cccc2CS4)CC1CC#N. The van der Waals surface area contributed by atoms with Crippen LogP contribution in [-0.4, -0.2) is 95.8 Å². The number of nitriles is 1. The Balaban J connectivity index is 1.21. The number of likely N-dealkylation sites (tertiary alicyclic amines) is 1. The first kappa shape index (κ1) is 29.2. The summed E-state index contributed by atoms with van der Waals surface area (Å²) in [4.78, 5) is 19.3. The van der Waals surface area contributed by atoms with Crippen LogP contribution in [0, 0.1) is 24.2 Å². The van der Waals surface area contributed by atoms with E-state index in [9.17, 15) is 10.1 Å². The fraction of sp³-hybridized carbons (Fsp3) is 0.688. The highest BCUT2D eigenvalue weighted by Gasteiger charge is 2.50. The Bertz CT molecular complexity index is 1170. The highest BCUT2D eigenvalue weighted by atomic mass is 32.2. The molecule has 1 amide bonds. The summed E-state index contributed by atoms with van der Waals surface area (Å²) in [6.07, 6.45) is 8.71. The number of thioether (sulfide) groups is 1. The quantitative estimate of drug-likeness (QED) is 0.498. The van der Waals surface area contributed by atoms with Crippen LogP contribution in [0.3, 0.4) is 0 Å². The first-order chi connectivity index (χ1) is 19.9. The average molecular weight is 579 g/mol. The highest BCUT2D eigenvalue weighted by Crippen LogP contribution is 2.51. The third-order valence-electron chi connectivity index (χ3n) is 10.5. The van der Waals surface area contributed by atoms with Crippen molar-refractivity contribution in [1.29, 1.82) is 5.26 Å². The van der Waals surface area contributed by atoms with Gasteiger partial charge >= 0.3 is 0 Å². The molecule has 6 unspecified atom stereocenters. The molecule has 1 saturated carbocycles. The molecular weight excluding hydrogens is 532 g/mol. The Morgan fingerprint density at radius 1 is 1.27 bits per heavy atom. The van der Waals surface area contributed by atoms with E-state index in [0.717, 1.165) is 44.7 Å². The van der Waals surface area contributed by atoms with Crippen molar-refractivity contribution < 1.29 is 9.53 Å². The van der Waals surface area contributed by atoms with Crippen LogP contribution in [0.5, 0.6) is 0 Å². The minimum atomic E-state index is -0.213. The maximum Gasteiger partial charge on any atom is 0.246 e. The fourth-order valence-corrected chi connectivity index (χ4v) is 9.64. The lowest BCUT2D eigenvalue weighted by Gasteiger charge is -2.56. The molecule has 5 aliphatic rings. The molecule has 9 heteroatoms. The van der Waals surface area contributed by atoms with E-state index in [0.29, 0.717) is 37.5 Å². The number of aryl methyl sites for hydroxylation is 1. The van der Waals surface area contributed by atoms with Crippen molar-refractivity contribution in [3.05, 3.63) is 47.5 Å². The number of ether oxygens (including phenoxy) is 1. The molecule has 4 fully saturated rings. The number of nitrogens with one attached hydrogen (secondary N) is 2. The molecule has 1 spiro atoms. The lowest BCUT2D eigenvalue weighted by Crippen LogP contribution is -2.73. The number of amides is 1. The Labute approximate surface area is 249 Å². The van der Waals surface area contributed by atoms with Crippen LogP contribution >= 0.6 is 11.8 Å². The summed E-state index contributed by atoms with van der Waals surface area (Å²) in [7, 11) is 2.20. The van der Waals surface area contributed by atoms with Crippen molar-refractivity contribution in [3.63, 3.8) is 0 Å². The molecule has 1 aliphatic carbocycles. The molecule has 7 atom stereocenters. The Morgan fingerprint density at radius 2 is 2.15 bits per heavy atom. The zero-order valence-corrected chi connectivity index (χ0v) is 25.5. The minimum absolute atomic E-state index is 0.0764. The first-order valence-corrected chi connectivity index (χ1v) is 16.5. The van der Waals surface area contributed by atoms with Gasteiger partial charge in [-0.2, -0.15) is 5.26 Å². The standard InChI is InChI=1S/C32H46N6O2S/c1-4-29(39)38-16-15-37(19-24(38)11-13-33)30-26-10-12-32(17-27-22(2)7-5-8-23(27)21-41-32)18-28(26)34-31(35-30)40-20-25-9-6-14-36(25)3/h4-5,7-8,24-26,28,30-31,34-35H,1,6,9-12,14-21H2,2-3H3/t24?,25?,26?,28?,30?,31?,32-/m0/s1. The molecule has 0 bridgehead atoms. The van der Waals surface area contributed by atoms with E-state index >= 15 is 0 Å². The van der Waals surface area contributed by atoms with E-state index < -0.39 is 0 Å². The highest BCUT2D eigenvalue weighted by molar-refractivity contribution is 8.00. The van der Waals surface area contributed by atoms with Crippen molar-refractivity contribution in [2.75, 3.05) is 39.8 Å². The second-order valence-electron chi connectivity index (χ2n) is 12.9. The van der Waals surface area contributed by atoms with E-state index in [1.165, 1.54) is 36.5 Å². The number of likely N-dealkylation sites (N-methyl/N-ethyl adjacent to an activating group) is 1. The van der Waals surface area contributed by atoms with E-state index in [-0.39, 0.29) is 29.2 Å². The number of benzene rings is 1. The van der Waals surface area contributed by atoms with Gasteiger partial charge in [-0.15, -0.1) is 11.8 Å². The van der Waals surface area contributed by atoms with Crippen molar-refractivity contribution in [1.82, 2.24) is 25.3 Å². The zero-order valence-electron chi connectivity index (χ0n) is 24.7. The maximum absolute atomic E-state index is 12.6. The molecule has 1 aromatic carbocycles. The van der Waals surface area contributed by atoms with Crippen LogP contribution in [0.25, 0.3) is 0 Å². The molecule has 6 rings (SSSR count). The van der Waals surface area contributed by atoms with Gasteiger partial charge in [0.15, 0.2) is 6.35 Å². The van der Waals surface area contributed by atoms with Gasteiger partial charge in [0.25, 0.3) is 0 Å². The van der Waals surface area contributed by atoms with Gasteiger partial charge in [-0.3, -0.25) is 20.3 Å². The Morgan fingerprint density at radius 3 is 2.93 bits per heavy atom. The second kappa shape index (κ2) is 12.4. The van der Waals surface area contributed by atoms with Gasteiger partial charge in [0.05, 0.1) is 31.3 Å². The second-order valence-corrected chi connectivity index (χ2v) is 14.3. The molecule has 0 radical (unpaired) electrons. The normalized spacial score (nSPS) is 36.0. The summed E-state index contributed by atoms with van der Waals surface area (Å²) >= 11 is 2.17. The molecular formula is C32H46N6O2S. The summed E-state index contributed by atoms with van der Waals surface area (Å²) in [5, 5.41) is 17.3. The third-order valence-corrected chi connectivity index (χ3v) is 12.1. The topological polar surface area (TPSA) is 83.9 Å². The zero-order chi connectivity index (χ0) is 28.6. The number of nitrogens with zero attached hydrogens (tertiary/aromatic N) is 4. The van der Waals surface area contributed by atoms with Crippen LogP contribution in [0.1, 0.15) is 55.2 Å². The molecule has 8 nitrogen and oxygen atoms in total. The molecule has 2 N–H and O–H groups in total. The first-order valence-electron chi connectivity index (χ1n) is 15.5. The van der Waals surface area contributed by atoms with Crippen LogP contribution in [0.2, 0.25) is 0 Å². The van der Waals surface area contributed by atoms with E-state index in [1.807, 2.05) is 4.90 Å². The van der Waals surface area contributed by atoms with Crippen molar-refractivity contribution >= 4 is 17.7 Å². The van der Waals surface area contributed by atoms with Crippen LogP contribution in [0.15, 0.2) is 30.9 Å². The number of hydrogen-bond donors (Lipinski definition) is 2. The predicted molar refractivity (Wildman–Crippen MR) is 163 cm³/mol. The smallest absolute Gasteiger partial charge is 0.246 e. The van der Waals surface area contributed by atoms with E-state index in [4.69, 9.17) is 4.74 Å². The van der Waals surface area contributed by atoms with Gasteiger partial charge in [-0.05, 0) is 81.8 Å². The largest absolute Gasteiger partial charge is 0.348 e. The van der Waals surface area contributed by atoms with Gasteiger partial charge in [0.1, 0.15) is 0 Å². The number of fused-ring (bicyclic) bond motifs is 2. The number of piperazine rings is 1. The van der Waals surface area contributed by atoms with Gasteiger partial charge < -0.3 is 14.5 Å². The maximum atomic E-state index is 12.6. The molecule has 222 valence electrons. The number of hydrogen-bond acceptors (Lipinski definition) is 8. The molecule has 1 aromatic rings. The average Bonchev–Trinajstić information content (AvgIpc) is 3.40. The van der Waals surface area contributed by atoms with Gasteiger partial charge in [0.2, 0.25) is 5.91 Å². The summed E-state index contributed by atoms with van der Waals surface area (Å²) in [6.45, 7) is 9.92. The van der Waals surface area contributed by atoms with E-state index in [2.05, 4.69) is 77.0 Å². The lowest BCUT2D eigenvalue weighted by atomic mass is 9.72. The summed E-state index contributed by atoms with van der Waals surface area (Å²) in [5.41, 5.74) is 4.50. The summed E-state index contributed by atoms with van der Waals surface area (Å²) < 4.78 is 6.84. The summed E-state index contributed by atoms with van der Waals surface area (Å²) in [6, 6.07) is 9.80. The monoisotopic (exact) mass is 578 g/mol. The molecule has 41 heavy (non-hydrogen) atoms. The molecule has 4 aliphatic heterocycles. The molecule has 0 aromatic heterocycles. The lowest BCUT2D eigenvalue weighted by molar-refractivity contribution is -0.135. The predicted octanol–water partition coefficient (Wildman–Crippen LogP) is 3.22. The van der Waals surface area contributed by atoms with Crippen LogP contribution in [0.4, 0.5) is 0 Å². The Kier molecular flexibility index (Phi) is 8.79. The number of rotatable bonds is 6. The van der Waals surface area contributed by atoms with Crippen molar-refractivity contribution in [3.8, 4) is 6.07 Å². The van der Waals surface area contributed by atoms with Gasteiger partial charge in [0, 0.05) is 48.1 Å². The van der Waals surface area contributed by atoms with E-state index in [1.54, 1.807) is 5.56 Å².